The maximum absolute atomic E-state index is 11.1. The zero-order valence-electron chi connectivity index (χ0n) is 10.0. The maximum Gasteiger partial charge on any atom is 1.00 e. The van der Waals surface area contributed by atoms with E-state index in [1.165, 1.54) is 19.3 Å². The third-order valence-corrected chi connectivity index (χ3v) is 2.92. The van der Waals surface area contributed by atoms with Gasteiger partial charge in [0.15, 0.2) is 0 Å². The fourth-order valence-corrected chi connectivity index (χ4v) is 2.07. The number of carbonyl (C=O) groups excluding carboxylic acids is 2. The van der Waals surface area contributed by atoms with Crippen molar-refractivity contribution in [1.29, 1.82) is 0 Å². The van der Waals surface area contributed by atoms with Crippen LogP contribution in [0.3, 0.4) is 0 Å². The summed E-state index contributed by atoms with van der Waals surface area (Å²) in [6, 6.07) is 0. The molecule has 0 aliphatic heterocycles. The van der Waals surface area contributed by atoms with Gasteiger partial charge in [0.2, 0.25) is 0 Å². The van der Waals surface area contributed by atoms with Crippen molar-refractivity contribution >= 4 is 11.9 Å². The van der Waals surface area contributed by atoms with Gasteiger partial charge in [-0.1, -0.05) is 19.3 Å². The van der Waals surface area contributed by atoms with Gasteiger partial charge in [0.1, 0.15) is 6.10 Å². The van der Waals surface area contributed by atoms with E-state index < -0.39 is 18.4 Å². The van der Waals surface area contributed by atoms with E-state index in [1.807, 2.05) is 6.92 Å². The van der Waals surface area contributed by atoms with Crippen molar-refractivity contribution in [3.63, 3.8) is 0 Å². The SMILES string of the molecule is CC(OC(=O)CC(=O)[O-])C1CCCCC1.[K+]. The molecule has 1 unspecified atom stereocenters. The van der Waals surface area contributed by atoms with Crippen LogP contribution in [0.4, 0.5) is 0 Å². The van der Waals surface area contributed by atoms with E-state index in [-0.39, 0.29) is 57.5 Å². The van der Waals surface area contributed by atoms with Gasteiger partial charge in [-0.2, -0.15) is 0 Å². The van der Waals surface area contributed by atoms with Crippen molar-refractivity contribution in [2.24, 2.45) is 5.92 Å². The molecule has 0 heterocycles. The first kappa shape index (κ1) is 16.6. The fourth-order valence-electron chi connectivity index (χ4n) is 2.07. The average molecular weight is 252 g/mol. The van der Waals surface area contributed by atoms with Gasteiger partial charge in [0.05, 0.1) is 12.4 Å². The molecule has 1 atom stereocenters. The number of carbonyl (C=O) groups is 2. The van der Waals surface area contributed by atoms with Crippen LogP contribution in [0, 0.1) is 5.92 Å². The number of carboxylic acids is 1. The zero-order chi connectivity index (χ0) is 11.3. The predicted molar refractivity (Wildman–Crippen MR) is 51.8 cm³/mol. The minimum atomic E-state index is -1.38. The van der Waals surface area contributed by atoms with Crippen molar-refractivity contribution in [1.82, 2.24) is 0 Å². The van der Waals surface area contributed by atoms with Crippen LogP contribution >= 0.6 is 0 Å². The largest absolute Gasteiger partial charge is 1.00 e. The van der Waals surface area contributed by atoms with E-state index in [1.54, 1.807) is 0 Å². The second-order valence-electron chi connectivity index (χ2n) is 4.14. The van der Waals surface area contributed by atoms with Crippen molar-refractivity contribution in [3.05, 3.63) is 0 Å². The number of hydrogen-bond acceptors (Lipinski definition) is 4. The van der Waals surface area contributed by atoms with Crippen LogP contribution in [-0.4, -0.2) is 18.0 Å². The summed E-state index contributed by atoms with van der Waals surface area (Å²) < 4.78 is 5.04. The van der Waals surface area contributed by atoms with Crippen LogP contribution in [0.1, 0.15) is 45.4 Å². The first-order chi connectivity index (χ1) is 7.09. The third kappa shape index (κ3) is 6.35. The van der Waals surface area contributed by atoms with Crippen LogP contribution < -0.4 is 56.5 Å². The predicted octanol–water partition coefficient (Wildman–Crippen LogP) is -2.36. The molecule has 1 rings (SSSR count). The normalized spacial score (nSPS) is 18.3. The molecule has 0 aromatic carbocycles. The zero-order valence-corrected chi connectivity index (χ0v) is 13.2. The fraction of sp³-hybridized carbons (Fsp3) is 0.818. The van der Waals surface area contributed by atoms with Gasteiger partial charge >= 0.3 is 57.4 Å². The quantitative estimate of drug-likeness (QED) is 0.319. The molecule has 0 aromatic heterocycles. The van der Waals surface area contributed by atoms with Gasteiger partial charge in [-0.25, -0.2) is 0 Å². The van der Waals surface area contributed by atoms with Crippen LogP contribution in [-0.2, 0) is 14.3 Å². The Kier molecular flexibility index (Phi) is 8.95. The maximum atomic E-state index is 11.1. The smallest absolute Gasteiger partial charge is 0.550 e. The molecule has 0 aromatic rings. The molecule has 1 saturated carbocycles. The molecular formula is C11H17KO4. The van der Waals surface area contributed by atoms with E-state index in [0.29, 0.717) is 5.92 Å². The minimum absolute atomic E-state index is 0. The first-order valence-corrected chi connectivity index (χ1v) is 5.49. The number of hydrogen-bond donors (Lipinski definition) is 0. The molecule has 0 radical (unpaired) electrons. The van der Waals surface area contributed by atoms with E-state index >= 15 is 0 Å². The summed E-state index contributed by atoms with van der Waals surface area (Å²) >= 11 is 0. The Bertz CT molecular complexity index is 236. The average Bonchev–Trinajstić information content (AvgIpc) is 2.17. The van der Waals surface area contributed by atoms with Crippen molar-refractivity contribution in [3.8, 4) is 0 Å². The number of esters is 1. The van der Waals surface area contributed by atoms with Gasteiger partial charge in [-0.3, -0.25) is 4.79 Å². The molecule has 1 fully saturated rings. The second-order valence-corrected chi connectivity index (χ2v) is 4.14. The van der Waals surface area contributed by atoms with Crippen molar-refractivity contribution < 1.29 is 70.8 Å². The summed E-state index contributed by atoms with van der Waals surface area (Å²) in [7, 11) is 0. The number of ether oxygens (including phenoxy) is 1. The van der Waals surface area contributed by atoms with Gasteiger partial charge in [0, 0.05) is 0 Å². The second kappa shape index (κ2) is 8.64. The molecule has 1 aliphatic carbocycles. The molecule has 1 aliphatic rings. The topological polar surface area (TPSA) is 66.4 Å². The Morgan fingerprint density at radius 2 is 1.88 bits per heavy atom. The van der Waals surface area contributed by atoms with Crippen LogP contribution in [0.5, 0.6) is 0 Å². The van der Waals surface area contributed by atoms with Gasteiger partial charge in [-0.05, 0) is 25.7 Å². The van der Waals surface area contributed by atoms with E-state index in [4.69, 9.17) is 4.74 Å². The number of aliphatic carboxylic acids is 1. The van der Waals surface area contributed by atoms with Gasteiger partial charge in [0.25, 0.3) is 0 Å². The van der Waals surface area contributed by atoms with Crippen LogP contribution in [0.25, 0.3) is 0 Å². The molecule has 86 valence electrons. The minimum Gasteiger partial charge on any atom is -0.550 e. The standard InChI is InChI=1S/C11H18O4.K/c1-8(9-5-3-2-4-6-9)15-11(14)7-10(12)13;/h8-9H,2-7H2,1H3,(H,12,13);/q;+1/p-1. The Morgan fingerprint density at radius 1 is 1.31 bits per heavy atom. The van der Waals surface area contributed by atoms with E-state index in [0.717, 1.165) is 12.8 Å². The molecular weight excluding hydrogens is 235 g/mol. The summed E-state index contributed by atoms with van der Waals surface area (Å²) in [5.74, 6) is -1.67. The summed E-state index contributed by atoms with van der Waals surface area (Å²) in [5.41, 5.74) is 0. The van der Waals surface area contributed by atoms with E-state index in [2.05, 4.69) is 0 Å². The summed E-state index contributed by atoms with van der Waals surface area (Å²) in [6.45, 7) is 1.84. The molecule has 0 bridgehead atoms. The molecule has 0 N–H and O–H groups in total. The number of rotatable bonds is 4. The van der Waals surface area contributed by atoms with Crippen LogP contribution in [0.2, 0.25) is 0 Å². The molecule has 4 nitrogen and oxygen atoms in total. The Morgan fingerprint density at radius 3 is 2.38 bits per heavy atom. The van der Waals surface area contributed by atoms with Gasteiger partial charge < -0.3 is 14.6 Å². The third-order valence-electron chi connectivity index (χ3n) is 2.92. The Balaban J connectivity index is 0.00000225. The first-order valence-electron chi connectivity index (χ1n) is 5.49. The van der Waals surface area contributed by atoms with E-state index in [9.17, 15) is 14.7 Å². The summed E-state index contributed by atoms with van der Waals surface area (Å²) in [4.78, 5) is 21.2. The number of carboxylic acid groups (broad SMARTS) is 1. The Hall–Kier alpha value is 0.576. The molecule has 0 amide bonds. The van der Waals surface area contributed by atoms with Crippen molar-refractivity contribution in [2.75, 3.05) is 0 Å². The Labute approximate surface area is 139 Å². The van der Waals surface area contributed by atoms with Crippen LogP contribution in [0.15, 0.2) is 0 Å². The molecule has 0 spiro atoms. The molecule has 5 heteroatoms. The summed E-state index contributed by atoms with van der Waals surface area (Å²) in [6.07, 6.45) is 4.92. The van der Waals surface area contributed by atoms with Crippen molar-refractivity contribution in [2.45, 2.75) is 51.6 Å². The van der Waals surface area contributed by atoms with Gasteiger partial charge in [-0.15, -0.1) is 0 Å². The molecule has 0 saturated heterocycles. The monoisotopic (exact) mass is 252 g/mol. The molecule has 16 heavy (non-hydrogen) atoms. The summed E-state index contributed by atoms with van der Waals surface area (Å²) in [5, 5.41) is 10.2.